The molecule has 0 saturated carbocycles. The molecule has 32 heavy (non-hydrogen) atoms. The van der Waals surface area contributed by atoms with E-state index in [-0.39, 0.29) is 11.9 Å². The van der Waals surface area contributed by atoms with Crippen LogP contribution in [0.3, 0.4) is 0 Å². The van der Waals surface area contributed by atoms with E-state index in [0.717, 1.165) is 48.5 Å². The van der Waals surface area contributed by atoms with E-state index in [4.69, 9.17) is 14.2 Å². The lowest BCUT2D eigenvalue weighted by molar-refractivity contribution is 0.160. The van der Waals surface area contributed by atoms with Gasteiger partial charge in [0.2, 0.25) is 11.8 Å². The number of rotatable bonds is 8. The Kier molecular flexibility index (Phi) is 7.17. The third-order valence-corrected chi connectivity index (χ3v) is 5.55. The molecule has 0 radical (unpaired) electrons. The van der Waals surface area contributed by atoms with Gasteiger partial charge in [0.25, 0.3) is 0 Å². The van der Waals surface area contributed by atoms with Gasteiger partial charge in [0.15, 0.2) is 11.6 Å². The molecule has 6 nitrogen and oxygen atoms in total. The first kappa shape index (κ1) is 22.0. The molecule has 1 N–H and O–H groups in total. The number of aryl methyl sites for hydroxylation is 2. The van der Waals surface area contributed by atoms with Crippen LogP contribution in [0.1, 0.15) is 29.7 Å². The van der Waals surface area contributed by atoms with Gasteiger partial charge in [0.1, 0.15) is 11.9 Å². The summed E-state index contributed by atoms with van der Waals surface area (Å²) in [6.45, 7) is 3.78. The zero-order valence-electron chi connectivity index (χ0n) is 18.4. The fraction of sp³-hybridized carbons (Fsp3) is 0.360. The van der Waals surface area contributed by atoms with E-state index in [1.807, 2.05) is 31.2 Å². The molecule has 4 rings (SSSR count). The van der Waals surface area contributed by atoms with E-state index in [0.29, 0.717) is 24.6 Å². The van der Waals surface area contributed by atoms with Crippen LogP contribution in [0.5, 0.6) is 23.3 Å². The Balaban J connectivity index is 1.41. The zero-order chi connectivity index (χ0) is 22.3. The number of ether oxygens (including phenoxy) is 3. The Bertz CT molecular complexity index is 1050. The summed E-state index contributed by atoms with van der Waals surface area (Å²) in [5.74, 6) is 1.37. The van der Waals surface area contributed by atoms with Crippen LogP contribution in [0, 0.1) is 12.7 Å². The van der Waals surface area contributed by atoms with E-state index in [1.165, 1.54) is 6.07 Å². The average molecular weight is 438 g/mol. The number of piperidine rings is 1. The normalized spacial score (nSPS) is 14.2. The summed E-state index contributed by atoms with van der Waals surface area (Å²) >= 11 is 0. The second-order valence-corrected chi connectivity index (χ2v) is 7.84. The molecule has 2 aromatic heterocycles. The summed E-state index contributed by atoms with van der Waals surface area (Å²) in [5, 5.41) is 3.33. The molecule has 1 fully saturated rings. The molecule has 0 bridgehead atoms. The van der Waals surface area contributed by atoms with Gasteiger partial charge >= 0.3 is 0 Å². The molecule has 0 atom stereocenters. The Morgan fingerprint density at radius 2 is 1.91 bits per heavy atom. The molecular weight excluding hydrogens is 409 g/mol. The van der Waals surface area contributed by atoms with E-state index in [9.17, 15) is 4.39 Å². The SMILES string of the molecule is COc1cccc(CCc2ccc(Oc3nccc(OC4CCNCC4)c3C)c(F)c2)n1. The van der Waals surface area contributed by atoms with E-state index < -0.39 is 5.82 Å². The molecule has 0 spiro atoms. The third-order valence-electron chi connectivity index (χ3n) is 5.55. The average Bonchev–Trinajstić information content (AvgIpc) is 2.82. The first-order valence-electron chi connectivity index (χ1n) is 10.9. The Morgan fingerprint density at radius 1 is 1.06 bits per heavy atom. The summed E-state index contributed by atoms with van der Waals surface area (Å²) in [4.78, 5) is 8.68. The predicted molar refractivity (Wildman–Crippen MR) is 120 cm³/mol. The summed E-state index contributed by atoms with van der Waals surface area (Å²) in [7, 11) is 1.59. The van der Waals surface area contributed by atoms with Crippen LogP contribution in [0.15, 0.2) is 48.7 Å². The first-order valence-corrected chi connectivity index (χ1v) is 10.9. The maximum Gasteiger partial charge on any atom is 0.225 e. The van der Waals surface area contributed by atoms with Gasteiger partial charge in [0, 0.05) is 18.0 Å². The minimum Gasteiger partial charge on any atom is -0.490 e. The standard InChI is InChI=1S/C25H28FN3O3/c1-17-22(31-20-10-13-27-14-11-20)12-15-28-25(17)32-23-9-7-18(16-21(23)26)6-8-19-4-3-5-24(29-19)30-2/h3-5,7,9,12,15-16,20,27H,6,8,10-11,13-14H2,1-2H3. The second-order valence-electron chi connectivity index (χ2n) is 7.84. The van der Waals surface area contributed by atoms with Gasteiger partial charge in [-0.1, -0.05) is 12.1 Å². The molecule has 1 saturated heterocycles. The van der Waals surface area contributed by atoms with Crippen molar-refractivity contribution in [1.82, 2.24) is 15.3 Å². The largest absolute Gasteiger partial charge is 0.490 e. The lowest BCUT2D eigenvalue weighted by atomic mass is 10.1. The van der Waals surface area contributed by atoms with Crippen molar-refractivity contribution in [2.45, 2.75) is 38.7 Å². The highest BCUT2D eigenvalue weighted by atomic mass is 19.1. The highest BCUT2D eigenvalue weighted by molar-refractivity contribution is 5.41. The number of benzene rings is 1. The fourth-order valence-electron chi connectivity index (χ4n) is 3.69. The number of hydrogen-bond acceptors (Lipinski definition) is 6. The van der Waals surface area contributed by atoms with Crippen molar-refractivity contribution in [3.8, 4) is 23.3 Å². The van der Waals surface area contributed by atoms with Crippen molar-refractivity contribution in [3.63, 3.8) is 0 Å². The highest BCUT2D eigenvalue weighted by Crippen LogP contribution is 2.32. The lowest BCUT2D eigenvalue weighted by Gasteiger charge is -2.24. The summed E-state index contributed by atoms with van der Waals surface area (Å²) in [6, 6.07) is 12.5. The minimum atomic E-state index is -0.424. The molecule has 1 aliphatic rings. The summed E-state index contributed by atoms with van der Waals surface area (Å²) in [5.41, 5.74) is 2.53. The number of nitrogens with zero attached hydrogens (tertiary/aromatic N) is 2. The molecule has 1 aromatic carbocycles. The molecule has 0 amide bonds. The van der Waals surface area contributed by atoms with Crippen LogP contribution in [0.2, 0.25) is 0 Å². The van der Waals surface area contributed by atoms with Crippen molar-refractivity contribution in [2.24, 2.45) is 0 Å². The number of aromatic nitrogens is 2. The molecule has 0 aliphatic carbocycles. The molecule has 3 heterocycles. The van der Waals surface area contributed by atoms with Gasteiger partial charge < -0.3 is 19.5 Å². The van der Waals surface area contributed by atoms with Crippen molar-refractivity contribution < 1.29 is 18.6 Å². The summed E-state index contributed by atoms with van der Waals surface area (Å²) < 4.78 is 31.9. The van der Waals surface area contributed by atoms with E-state index in [2.05, 4.69) is 15.3 Å². The number of methoxy groups -OCH3 is 1. The van der Waals surface area contributed by atoms with Crippen LogP contribution in [0.25, 0.3) is 0 Å². The van der Waals surface area contributed by atoms with Gasteiger partial charge in [-0.2, -0.15) is 0 Å². The molecule has 1 aliphatic heterocycles. The van der Waals surface area contributed by atoms with Crippen LogP contribution in [0.4, 0.5) is 4.39 Å². The van der Waals surface area contributed by atoms with Crippen molar-refractivity contribution >= 4 is 0 Å². The smallest absolute Gasteiger partial charge is 0.225 e. The fourth-order valence-corrected chi connectivity index (χ4v) is 3.69. The second kappa shape index (κ2) is 10.4. The Hall–Kier alpha value is -3.19. The van der Waals surface area contributed by atoms with Gasteiger partial charge in [-0.25, -0.2) is 14.4 Å². The zero-order valence-corrected chi connectivity index (χ0v) is 18.4. The van der Waals surface area contributed by atoms with E-state index >= 15 is 0 Å². The van der Waals surface area contributed by atoms with Gasteiger partial charge in [0.05, 0.1) is 12.7 Å². The number of hydrogen-bond donors (Lipinski definition) is 1. The number of nitrogens with one attached hydrogen (secondary N) is 1. The van der Waals surface area contributed by atoms with Crippen LogP contribution in [-0.4, -0.2) is 36.3 Å². The predicted octanol–water partition coefficient (Wildman–Crippen LogP) is 4.64. The number of halogens is 1. The third kappa shape index (κ3) is 5.53. The van der Waals surface area contributed by atoms with Crippen LogP contribution in [-0.2, 0) is 12.8 Å². The summed E-state index contributed by atoms with van der Waals surface area (Å²) in [6.07, 6.45) is 5.06. The molecule has 3 aromatic rings. The molecular formula is C25H28FN3O3. The molecule has 0 unspecified atom stereocenters. The van der Waals surface area contributed by atoms with Crippen molar-refractivity contribution in [1.29, 1.82) is 0 Å². The van der Waals surface area contributed by atoms with Gasteiger partial charge in [-0.3, -0.25) is 0 Å². The Labute approximate surface area is 187 Å². The quantitative estimate of drug-likeness (QED) is 0.554. The topological polar surface area (TPSA) is 65.5 Å². The van der Waals surface area contributed by atoms with Crippen molar-refractivity contribution in [2.75, 3.05) is 20.2 Å². The maximum atomic E-state index is 14.8. The molecule has 7 heteroatoms. The first-order chi connectivity index (χ1) is 15.6. The van der Waals surface area contributed by atoms with Crippen LogP contribution < -0.4 is 19.5 Å². The monoisotopic (exact) mass is 437 g/mol. The van der Waals surface area contributed by atoms with Crippen LogP contribution >= 0.6 is 0 Å². The van der Waals surface area contributed by atoms with Crippen molar-refractivity contribution in [3.05, 3.63) is 71.3 Å². The number of pyridine rings is 2. The molecule has 168 valence electrons. The van der Waals surface area contributed by atoms with Gasteiger partial charge in [-0.05, 0) is 75.5 Å². The highest BCUT2D eigenvalue weighted by Gasteiger charge is 2.18. The Morgan fingerprint density at radius 3 is 2.69 bits per heavy atom. The lowest BCUT2D eigenvalue weighted by Crippen LogP contribution is -2.34. The maximum absolute atomic E-state index is 14.8. The minimum absolute atomic E-state index is 0.142. The van der Waals surface area contributed by atoms with E-state index in [1.54, 1.807) is 25.4 Å². The van der Waals surface area contributed by atoms with Gasteiger partial charge in [-0.15, -0.1) is 0 Å².